The lowest BCUT2D eigenvalue weighted by Gasteiger charge is -2.15. The Morgan fingerprint density at radius 2 is 2.00 bits per heavy atom. The number of aliphatic hydroxyl groups is 1. The zero-order chi connectivity index (χ0) is 11.5. The first kappa shape index (κ1) is 11.2. The van der Waals surface area contributed by atoms with E-state index in [1.165, 1.54) is 25.0 Å². The Morgan fingerprint density at radius 1 is 1.25 bits per heavy atom. The van der Waals surface area contributed by atoms with Gasteiger partial charge in [0.1, 0.15) is 0 Å². The molecule has 0 spiro atoms. The van der Waals surface area contributed by atoms with Gasteiger partial charge in [-0.3, -0.25) is 0 Å². The van der Waals surface area contributed by atoms with Crippen molar-refractivity contribution in [2.45, 2.75) is 24.8 Å². The fraction of sp³-hybridized carbons (Fsp3) is 0.500. The standard InChI is InChI=1S/C12H17NO3/c14-7-9(6-13-10-2-3-10)8-1-4-11(15)12(16)5-8/h1,4-5,9-10,13-16H,2-3,6-7H2. The average Bonchev–Trinajstić information content (AvgIpc) is 3.08. The maximum absolute atomic E-state index is 9.38. The van der Waals surface area contributed by atoms with E-state index in [0.29, 0.717) is 12.6 Å². The summed E-state index contributed by atoms with van der Waals surface area (Å²) in [5, 5.41) is 31.2. The highest BCUT2D eigenvalue weighted by Crippen LogP contribution is 2.29. The molecule has 0 amide bonds. The number of hydrogen-bond acceptors (Lipinski definition) is 4. The first-order valence-corrected chi connectivity index (χ1v) is 5.57. The van der Waals surface area contributed by atoms with Gasteiger partial charge in [0.2, 0.25) is 0 Å². The monoisotopic (exact) mass is 223 g/mol. The minimum atomic E-state index is -0.137. The molecule has 0 radical (unpaired) electrons. The number of aromatic hydroxyl groups is 2. The van der Waals surface area contributed by atoms with Crippen LogP contribution in [0.1, 0.15) is 24.3 Å². The van der Waals surface area contributed by atoms with Crippen LogP contribution in [0.4, 0.5) is 0 Å². The molecular weight excluding hydrogens is 206 g/mol. The van der Waals surface area contributed by atoms with E-state index in [9.17, 15) is 15.3 Å². The van der Waals surface area contributed by atoms with Crippen molar-refractivity contribution in [1.82, 2.24) is 5.32 Å². The van der Waals surface area contributed by atoms with Crippen LogP contribution in [0.25, 0.3) is 0 Å². The Kier molecular flexibility index (Phi) is 3.31. The van der Waals surface area contributed by atoms with Crippen molar-refractivity contribution in [1.29, 1.82) is 0 Å². The van der Waals surface area contributed by atoms with E-state index < -0.39 is 0 Å². The topological polar surface area (TPSA) is 72.7 Å². The minimum Gasteiger partial charge on any atom is -0.504 e. The number of aliphatic hydroxyl groups excluding tert-OH is 1. The molecule has 1 aromatic carbocycles. The van der Waals surface area contributed by atoms with Crippen LogP contribution in [0.3, 0.4) is 0 Å². The zero-order valence-corrected chi connectivity index (χ0v) is 9.06. The van der Waals surface area contributed by atoms with Gasteiger partial charge in [-0.25, -0.2) is 0 Å². The van der Waals surface area contributed by atoms with Crippen molar-refractivity contribution in [3.8, 4) is 11.5 Å². The molecule has 16 heavy (non-hydrogen) atoms. The maximum Gasteiger partial charge on any atom is 0.157 e. The van der Waals surface area contributed by atoms with Crippen LogP contribution in [0.15, 0.2) is 18.2 Å². The lowest BCUT2D eigenvalue weighted by molar-refractivity contribution is 0.261. The number of rotatable bonds is 5. The van der Waals surface area contributed by atoms with Crippen molar-refractivity contribution < 1.29 is 15.3 Å². The predicted molar refractivity (Wildman–Crippen MR) is 60.6 cm³/mol. The molecule has 88 valence electrons. The molecule has 0 aromatic heterocycles. The summed E-state index contributed by atoms with van der Waals surface area (Å²) in [6, 6.07) is 5.28. The Bertz CT molecular complexity index is 363. The van der Waals surface area contributed by atoms with Crippen LogP contribution in [0.2, 0.25) is 0 Å². The van der Waals surface area contributed by atoms with Crippen molar-refractivity contribution >= 4 is 0 Å². The number of phenolic OH excluding ortho intramolecular Hbond substituents is 2. The molecule has 1 aliphatic carbocycles. The molecule has 1 aliphatic rings. The van der Waals surface area contributed by atoms with Gasteiger partial charge in [0.15, 0.2) is 11.5 Å². The fourth-order valence-electron chi connectivity index (χ4n) is 1.68. The van der Waals surface area contributed by atoms with E-state index in [1.54, 1.807) is 6.07 Å². The summed E-state index contributed by atoms with van der Waals surface area (Å²) < 4.78 is 0. The molecule has 4 nitrogen and oxygen atoms in total. The molecule has 1 saturated carbocycles. The second-order valence-electron chi connectivity index (χ2n) is 4.31. The van der Waals surface area contributed by atoms with Gasteiger partial charge in [0.05, 0.1) is 6.61 Å². The van der Waals surface area contributed by atoms with Crippen molar-refractivity contribution in [2.75, 3.05) is 13.2 Å². The molecule has 0 bridgehead atoms. The Labute approximate surface area is 94.5 Å². The molecule has 0 aliphatic heterocycles. The summed E-state index contributed by atoms with van der Waals surface area (Å²) >= 11 is 0. The van der Waals surface area contributed by atoms with E-state index in [-0.39, 0.29) is 24.0 Å². The van der Waals surface area contributed by atoms with Crippen molar-refractivity contribution in [2.24, 2.45) is 0 Å². The second kappa shape index (κ2) is 4.72. The van der Waals surface area contributed by atoms with E-state index in [4.69, 9.17) is 0 Å². The van der Waals surface area contributed by atoms with Crippen LogP contribution >= 0.6 is 0 Å². The van der Waals surface area contributed by atoms with Gasteiger partial charge < -0.3 is 20.6 Å². The molecular formula is C12H17NO3. The molecule has 0 heterocycles. The summed E-state index contributed by atoms with van der Waals surface area (Å²) in [5.74, 6) is -0.301. The number of phenols is 2. The normalized spacial score (nSPS) is 17.3. The zero-order valence-electron chi connectivity index (χ0n) is 9.06. The molecule has 0 saturated heterocycles. The van der Waals surface area contributed by atoms with Gasteiger partial charge in [0, 0.05) is 18.5 Å². The van der Waals surface area contributed by atoms with Crippen LogP contribution in [-0.4, -0.2) is 34.5 Å². The van der Waals surface area contributed by atoms with Gasteiger partial charge >= 0.3 is 0 Å². The van der Waals surface area contributed by atoms with Gasteiger partial charge in [-0.05, 0) is 30.5 Å². The largest absolute Gasteiger partial charge is 0.504 e. The summed E-state index contributed by atoms with van der Waals surface area (Å²) in [7, 11) is 0. The molecule has 1 unspecified atom stereocenters. The first-order valence-electron chi connectivity index (χ1n) is 5.57. The van der Waals surface area contributed by atoms with E-state index in [0.717, 1.165) is 5.56 Å². The Balaban J connectivity index is 2.02. The smallest absolute Gasteiger partial charge is 0.157 e. The third-order valence-corrected chi connectivity index (χ3v) is 2.92. The van der Waals surface area contributed by atoms with E-state index >= 15 is 0 Å². The highest BCUT2D eigenvalue weighted by molar-refractivity contribution is 5.41. The summed E-state index contributed by atoms with van der Waals surface area (Å²) in [4.78, 5) is 0. The van der Waals surface area contributed by atoms with Gasteiger partial charge in [-0.1, -0.05) is 6.07 Å². The van der Waals surface area contributed by atoms with E-state index in [2.05, 4.69) is 5.32 Å². The molecule has 1 fully saturated rings. The lowest BCUT2D eigenvalue weighted by Crippen LogP contribution is -2.25. The number of nitrogens with one attached hydrogen (secondary N) is 1. The molecule has 2 rings (SSSR count). The molecule has 1 atom stereocenters. The van der Waals surface area contributed by atoms with Crippen molar-refractivity contribution in [3.63, 3.8) is 0 Å². The lowest BCUT2D eigenvalue weighted by atomic mass is 9.99. The SMILES string of the molecule is OCC(CNC1CC1)c1ccc(O)c(O)c1. The number of hydrogen-bond donors (Lipinski definition) is 4. The fourth-order valence-corrected chi connectivity index (χ4v) is 1.68. The third kappa shape index (κ3) is 2.65. The molecule has 4 N–H and O–H groups in total. The Hall–Kier alpha value is -1.26. The van der Waals surface area contributed by atoms with Gasteiger partial charge in [-0.15, -0.1) is 0 Å². The van der Waals surface area contributed by atoms with Crippen molar-refractivity contribution in [3.05, 3.63) is 23.8 Å². The third-order valence-electron chi connectivity index (χ3n) is 2.92. The molecule has 4 heteroatoms. The van der Waals surface area contributed by atoms with Crippen LogP contribution in [0.5, 0.6) is 11.5 Å². The quantitative estimate of drug-likeness (QED) is 0.560. The molecule has 1 aromatic rings. The van der Waals surface area contributed by atoms with Crippen LogP contribution < -0.4 is 5.32 Å². The first-order chi connectivity index (χ1) is 7.70. The van der Waals surface area contributed by atoms with Crippen LogP contribution in [-0.2, 0) is 0 Å². The van der Waals surface area contributed by atoms with E-state index in [1.807, 2.05) is 0 Å². The predicted octanol–water partition coefficient (Wildman–Crippen LogP) is 0.926. The Morgan fingerprint density at radius 3 is 2.56 bits per heavy atom. The second-order valence-corrected chi connectivity index (χ2v) is 4.31. The summed E-state index contributed by atoms with van der Waals surface area (Å²) in [6.07, 6.45) is 2.41. The number of benzene rings is 1. The summed E-state index contributed by atoms with van der Waals surface area (Å²) in [6.45, 7) is 0.731. The van der Waals surface area contributed by atoms with Gasteiger partial charge in [-0.2, -0.15) is 0 Å². The average molecular weight is 223 g/mol. The highest BCUT2D eigenvalue weighted by Gasteiger charge is 2.22. The van der Waals surface area contributed by atoms with Crippen LogP contribution in [0, 0.1) is 0 Å². The minimum absolute atomic E-state index is 0.0317. The highest BCUT2D eigenvalue weighted by atomic mass is 16.3. The van der Waals surface area contributed by atoms with Gasteiger partial charge in [0.25, 0.3) is 0 Å². The maximum atomic E-state index is 9.38. The summed E-state index contributed by atoms with van der Waals surface area (Å²) in [5.41, 5.74) is 0.839.